The van der Waals surface area contributed by atoms with E-state index in [-0.39, 0.29) is 5.91 Å². The van der Waals surface area contributed by atoms with Gasteiger partial charge in [-0.25, -0.2) is 5.43 Å². The van der Waals surface area contributed by atoms with Crippen molar-refractivity contribution in [2.45, 2.75) is 27.4 Å². The third-order valence-electron chi connectivity index (χ3n) is 4.53. The zero-order valence-corrected chi connectivity index (χ0v) is 18.6. The smallest absolute Gasteiger partial charge is 0.272 e. The minimum absolute atomic E-state index is 0.371. The molecule has 3 aromatic rings. The van der Waals surface area contributed by atoms with Crippen molar-refractivity contribution in [2.75, 3.05) is 6.61 Å². The molecule has 5 nitrogen and oxygen atoms in total. The Balaban J connectivity index is 1.66. The molecule has 0 atom stereocenters. The van der Waals surface area contributed by atoms with Gasteiger partial charge >= 0.3 is 0 Å². The van der Waals surface area contributed by atoms with Crippen LogP contribution in [-0.4, -0.2) is 18.7 Å². The van der Waals surface area contributed by atoms with E-state index in [9.17, 15) is 4.79 Å². The van der Waals surface area contributed by atoms with E-state index in [1.807, 2.05) is 50.2 Å². The van der Waals surface area contributed by atoms with Gasteiger partial charge in [-0.05, 0) is 67.8 Å². The fraction of sp³-hybridized carbons (Fsp3) is 0.200. The molecule has 3 aromatic carbocycles. The number of carbonyl (C=O) groups excluding carboxylic acids is 1. The molecular weight excluding hydrogens is 412 g/mol. The molecule has 0 aliphatic rings. The van der Waals surface area contributed by atoms with Crippen molar-refractivity contribution in [2.24, 2.45) is 5.10 Å². The number of nitrogens with zero attached hydrogens (tertiary/aromatic N) is 1. The average molecular weight is 437 g/mol. The molecule has 0 saturated heterocycles. The van der Waals surface area contributed by atoms with Gasteiger partial charge in [0.05, 0.1) is 23.4 Å². The number of nitrogens with one attached hydrogen (secondary N) is 1. The Hall–Kier alpha value is -3.31. The average Bonchev–Trinajstić information content (AvgIpc) is 2.74. The SMILES string of the molecule is CCOc1cc(/C=N\NC(=O)c2ccc(C)cc2Cl)ccc1OCc1ccc(C)cc1. The summed E-state index contributed by atoms with van der Waals surface area (Å²) in [7, 11) is 0. The number of hydrazone groups is 1. The Kier molecular flexibility index (Phi) is 7.68. The molecule has 0 fully saturated rings. The maximum atomic E-state index is 12.3. The van der Waals surface area contributed by atoms with Crippen LogP contribution in [0.5, 0.6) is 11.5 Å². The molecule has 3 rings (SSSR count). The van der Waals surface area contributed by atoms with Gasteiger partial charge in [-0.1, -0.05) is 47.5 Å². The Labute approximate surface area is 187 Å². The first-order valence-corrected chi connectivity index (χ1v) is 10.4. The summed E-state index contributed by atoms with van der Waals surface area (Å²) in [5, 5.41) is 4.42. The molecule has 0 spiro atoms. The molecule has 0 aliphatic carbocycles. The van der Waals surface area contributed by atoms with Crippen LogP contribution in [0.3, 0.4) is 0 Å². The highest BCUT2D eigenvalue weighted by Gasteiger charge is 2.10. The van der Waals surface area contributed by atoms with Crippen LogP contribution in [0.25, 0.3) is 0 Å². The highest BCUT2D eigenvalue weighted by molar-refractivity contribution is 6.33. The maximum absolute atomic E-state index is 12.3. The first kappa shape index (κ1) is 22.4. The van der Waals surface area contributed by atoms with Gasteiger partial charge in [-0.3, -0.25) is 4.79 Å². The van der Waals surface area contributed by atoms with Crippen LogP contribution in [-0.2, 0) is 6.61 Å². The molecule has 0 radical (unpaired) electrons. The van der Waals surface area contributed by atoms with Crippen LogP contribution in [0, 0.1) is 13.8 Å². The fourth-order valence-corrected chi connectivity index (χ4v) is 3.19. The number of carbonyl (C=O) groups is 1. The highest BCUT2D eigenvalue weighted by atomic mass is 35.5. The van der Waals surface area contributed by atoms with E-state index in [1.54, 1.807) is 18.3 Å². The summed E-state index contributed by atoms with van der Waals surface area (Å²) in [5.74, 6) is 0.894. The second kappa shape index (κ2) is 10.6. The highest BCUT2D eigenvalue weighted by Crippen LogP contribution is 2.29. The van der Waals surface area contributed by atoms with Crippen molar-refractivity contribution in [1.29, 1.82) is 0 Å². The van der Waals surface area contributed by atoms with Gasteiger partial charge in [0.2, 0.25) is 0 Å². The Morgan fingerprint density at radius 1 is 0.968 bits per heavy atom. The van der Waals surface area contributed by atoms with Gasteiger partial charge in [0.25, 0.3) is 5.91 Å². The van der Waals surface area contributed by atoms with Crippen LogP contribution in [0.15, 0.2) is 65.8 Å². The van der Waals surface area contributed by atoms with Crippen molar-refractivity contribution < 1.29 is 14.3 Å². The van der Waals surface area contributed by atoms with Gasteiger partial charge in [-0.15, -0.1) is 0 Å². The summed E-state index contributed by atoms with van der Waals surface area (Å²) < 4.78 is 11.7. The quantitative estimate of drug-likeness (QED) is 0.364. The van der Waals surface area contributed by atoms with Crippen LogP contribution in [0.2, 0.25) is 5.02 Å². The first-order chi connectivity index (χ1) is 15.0. The second-order valence-corrected chi connectivity index (χ2v) is 7.50. The van der Waals surface area contributed by atoms with E-state index < -0.39 is 0 Å². The number of benzene rings is 3. The Bertz CT molecular complexity index is 1080. The summed E-state index contributed by atoms with van der Waals surface area (Å²) in [4.78, 5) is 12.3. The standard InChI is InChI=1S/C25H25ClN2O3/c1-4-30-24-14-20(10-12-23(24)31-16-19-8-5-17(2)6-9-19)15-27-28-25(29)21-11-7-18(3)13-22(21)26/h5-15H,4,16H2,1-3H3,(H,28,29)/b27-15-. The molecule has 0 unspecified atom stereocenters. The molecule has 1 amide bonds. The Morgan fingerprint density at radius 3 is 2.42 bits per heavy atom. The summed E-state index contributed by atoms with van der Waals surface area (Å²) >= 11 is 6.13. The van der Waals surface area contributed by atoms with Gasteiger partial charge in [0, 0.05) is 0 Å². The van der Waals surface area contributed by atoms with Crippen LogP contribution in [0.4, 0.5) is 0 Å². The van der Waals surface area contributed by atoms with Crippen LogP contribution >= 0.6 is 11.6 Å². The van der Waals surface area contributed by atoms with Crippen molar-refractivity contribution in [3.8, 4) is 11.5 Å². The van der Waals surface area contributed by atoms with Gasteiger partial charge in [0.15, 0.2) is 11.5 Å². The lowest BCUT2D eigenvalue weighted by molar-refractivity contribution is 0.0955. The van der Waals surface area contributed by atoms with E-state index >= 15 is 0 Å². The minimum Gasteiger partial charge on any atom is -0.490 e. The molecule has 31 heavy (non-hydrogen) atoms. The molecule has 0 heterocycles. The summed E-state index contributed by atoms with van der Waals surface area (Å²) in [5.41, 5.74) is 6.91. The second-order valence-electron chi connectivity index (χ2n) is 7.10. The van der Waals surface area contributed by atoms with Gasteiger partial charge < -0.3 is 9.47 Å². The van der Waals surface area contributed by atoms with Crippen molar-refractivity contribution >= 4 is 23.7 Å². The summed E-state index contributed by atoms with van der Waals surface area (Å²) in [6.45, 7) is 6.83. The lowest BCUT2D eigenvalue weighted by Gasteiger charge is -2.13. The predicted octanol–water partition coefficient (Wildman–Crippen LogP) is 5.70. The number of halogens is 1. The molecule has 0 aliphatic heterocycles. The van der Waals surface area contributed by atoms with Gasteiger partial charge in [-0.2, -0.15) is 5.10 Å². The number of amides is 1. The largest absolute Gasteiger partial charge is 0.490 e. The fourth-order valence-electron chi connectivity index (χ4n) is 2.87. The molecule has 0 saturated carbocycles. The number of hydrogen-bond acceptors (Lipinski definition) is 4. The summed E-state index contributed by atoms with van der Waals surface area (Å²) in [6, 6.07) is 18.9. The topological polar surface area (TPSA) is 59.9 Å². The lowest BCUT2D eigenvalue weighted by Crippen LogP contribution is -2.18. The summed E-state index contributed by atoms with van der Waals surface area (Å²) in [6.07, 6.45) is 1.55. The van der Waals surface area contributed by atoms with Crippen molar-refractivity contribution in [3.63, 3.8) is 0 Å². The number of hydrogen-bond donors (Lipinski definition) is 1. The van der Waals surface area contributed by atoms with Crippen LogP contribution < -0.4 is 14.9 Å². The Morgan fingerprint density at radius 2 is 1.71 bits per heavy atom. The normalized spacial score (nSPS) is 10.8. The number of aryl methyl sites for hydroxylation is 2. The van der Waals surface area contributed by atoms with E-state index in [0.717, 1.165) is 16.7 Å². The van der Waals surface area contributed by atoms with E-state index in [0.29, 0.717) is 35.3 Å². The zero-order chi connectivity index (χ0) is 22.2. The lowest BCUT2D eigenvalue weighted by atomic mass is 10.1. The van der Waals surface area contributed by atoms with Crippen LogP contribution in [0.1, 0.15) is 39.5 Å². The van der Waals surface area contributed by atoms with E-state index in [4.69, 9.17) is 21.1 Å². The molecule has 1 N–H and O–H groups in total. The minimum atomic E-state index is -0.371. The number of ether oxygens (including phenoxy) is 2. The monoisotopic (exact) mass is 436 g/mol. The van der Waals surface area contributed by atoms with E-state index in [1.165, 1.54) is 5.56 Å². The number of rotatable bonds is 8. The third-order valence-corrected chi connectivity index (χ3v) is 4.84. The third kappa shape index (κ3) is 6.33. The molecule has 6 heteroatoms. The zero-order valence-electron chi connectivity index (χ0n) is 17.8. The maximum Gasteiger partial charge on any atom is 0.272 e. The molecule has 160 valence electrons. The van der Waals surface area contributed by atoms with E-state index in [2.05, 4.69) is 29.6 Å². The predicted molar refractivity (Wildman–Crippen MR) is 124 cm³/mol. The van der Waals surface area contributed by atoms with Crippen molar-refractivity contribution in [3.05, 3.63) is 93.5 Å². The van der Waals surface area contributed by atoms with Gasteiger partial charge in [0.1, 0.15) is 6.61 Å². The van der Waals surface area contributed by atoms with Crippen molar-refractivity contribution in [1.82, 2.24) is 5.43 Å². The molecule has 0 bridgehead atoms. The molecular formula is C25H25ClN2O3. The first-order valence-electron chi connectivity index (χ1n) is 10.0. The molecule has 0 aromatic heterocycles.